The molecule has 0 saturated carbocycles. The monoisotopic (exact) mass is 312 g/mol. The number of pyridine rings is 1. The number of aryl methyl sites for hydroxylation is 2. The van der Waals surface area contributed by atoms with E-state index in [0.717, 1.165) is 27.8 Å². The number of carbonyl (C=O) groups excluding carboxylic acids is 1. The van der Waals surface area contributed by atoms with Crippen molar-refractivity contribution in [2.24, 2.45) is 0 Å². The van der Waals surface area contributed by atoms with Gasteiger partial charge in [-0.2, -0.15) is 0 Å². The summed E-state index contributed by atoms with van der Waals surface area (Å²) < 4.78 is 5.73. The highest BCUT2D eigenvalue weighted by Crippen LogP contribution is 2.21. The van der Waals surface area contributed by atoms with Crippen LogP contribution in [0, 0.1) is 27.7 Å². The number of ether oxygens (including phenoxy) is 1. The Balaban J connectivity index is 2.03. The standard InChI is InChI=1S/C19H24N2O2/c1-12-9-13(2)16(5)18(15(12)4)19(22)21-10-14(3)23-17-7-6-8-20-11-17/h6-9,11,14H,10H2,1-5H3,(H,21,22). The second-order valence-electron chi connectivity index (χ2n) is 5.96. The van der Waals surface area contributed by atoms with E-state index in [4.69, 9.17) is 4.74 Å². The molecule has 0 aliphatic carbocycles. The van der Waals surface area contributed by atoms with Gasteiger partial charge in [0, 0.05) is 11.8 Å². The Morgan fingerprint density at radius 3 is 2.43 bits per heavy atom. The van der Waals surface area contributed by atoms with Gasteiger partial charge in [0.25, 0.3) is 5.91 Å². The Bertz CT molecular complexity index is 670. The summed E-state index contributed by atoms with van der Waals surface area (Å²) in [4.78, 5) is 16.6. The smallest absolute Gasteiger partial charge is 0.251 e. The van der Waals surface area contributed by atoms with Crippen molar-refractivity contribution in [3.05, 3.63) is 58.4 Å². The molecule has 0 fully saturated rings. The minimum Gasteiger partial charge on any atom is -0.487 e. The first-order chi connectivity index (χ1) is 10.9. The molecule has 4 nitrogen and oxygen atoms in total. The zero-order valence-corrected chi connectivity index (χ0v) is 14.4. The number of hydrogen-bond donors (Lipinski definition) is 1. The first-order valence-corrected chi connectivity index (χ1v) is 7.82. The fourth-order valence-electron chi connectivity index (χ4n) is 2.57. The number of benzene rings is 1. The van der Waals surface area contributed by atoms with Crippen molar-refractivity contribution in [1.29, 1.82) is 0 Å². The molecule has 1 aromatic carbocycles. The predicted molar refractivity (Wildman–Crippen MR) is 92.1 cm³/mol. The van der Waals surface area contributed by atoms with Gasteiger partial charge in [-0.1, -0.05) is 6.07 Å². The van der Waals surface area contributed by atoms with Gasteiger partial charge in [-0.15, -0.1) is 0 Å². The second-order valence-corrected chi connectivity index (χ2v) is 5.96. The van der Waals surface area contributed by atoms with Gasteiger partial charge in [0.05, 0.1) is 12.7 Å². The molecule has 0 aliphatic rings. The van der Waals surface area contributed by atoms with Crippen molar-refractivity contribution in [3.63, 3.8) is 0 Å². The maximum absolute atomic E-state index is 12.6. The summed E-state index contributed by atoms with van der Waals surface area (Å²) in [5.74, 6) is 0.654. The van der Waals surface area contributed by atoms with E-state index >= 15 is 0 Å². The summed E-state index contributed by atoms with van der Waals surface area (Å²) in [6.45, 7) is 10.4. The Hall–Kier alpha value is -2.36. The zero-order chi connectivity index (χ0) is 17.0. The highest BCUT2D eigenvalue weighted by atomic mass is 16.5. The van der Waals surface area contributed by atoms with Gasteiger partial charge in [0.1, 0.15) is 11.9 Å². The topological polar surface area (TPSA) is 51.2 Å². The summed E-state index contributed by atoms with van der Waals surface area (Å²) in [5.41, 5.74) is 5.12. The van der Waals surface area contributed by atoms with E-state index in [1.807, 2.05) is 46.8 Å². The molecular weight excluding hydrogens is 288 g/mol. The van der Waals surface area contributed by atoms with E-state index in [9.17, 15) is 4.79 Å². The average molecular weight is 312 g/mol. The first kappa shape index (κ1) is 17.0. The van der Waals surface area contributed by atoms with E-state index in [2.05, 4.69) is 16.4 Å². The number of aromatic nitrogens is 1. The van der Waals surface area contributed by atoms with E-state index in [1.165, 1.54) is 0 Å². The van der Waals surface area contributed by atoms with Crippen molar-refractivity contribution in [3.8, 4) is 5.75 Å². The molecule has 1 aromatic heterocycles. The number of rotatable bonds is 5. The van der Waals surface area contributed by atoms with Crippen LogP contribution < -0.4 is 10.1 Å². The van der Waals surface area contributed by atoms with Crippen LogP contribution in [0.15, 0.2) is 30.6 Å². The Morgan fingerprint density at radius 1 is 1.22 bits per heavy atom. The Labute approximate surface area is 137 Å². The van der Waals surface area contributed by atoms with Gasteiger partial charge in [-0.3, -0.25) is 9.78 Å². The highest BCUT2D eigenvalue weighted by molar-refractivity contribution is 5.97. The first-order valence-electron chi connectivity index (χ1n) is 7.82. The molecule has 0 saturated heterocycles. The van der Waals surface area contributed by atoms with Crippen LogP contribution in [0.5, 0.6) is 5.75 Å². The van der Waals surface area contributed by atoms with Crippen LogP contribution in [-0.2, 0) is 0 Å². The fraction of sp³-hybridized carbons (Fsp3) is 0.368. The molecule has 0 bridgehead atoms. The quantitative estimate of drug-likeness (QED) is 0.919. The molecule has 4 heteroatoms. The summed E-state index contributed by atoms with van der Waals surface area (Å²) in [6.07, 6.45) is 3.23. The lowest BCUT2D eigenvalue weighted by Crippen LogP contribution is -2.34. The third-order valence-corrected chi connectivity index (χ3v) is 4.11. The lowest BCUT2D eigenvalue weighted by molar-refractivity contribution is 0.0930. The number of hydrogen-bond acceptors (Lipinski definition) is 3. The molecular formula is C19H24N2O2. The SMILES string of the molecule is Cc1cc(C)c(C)c(C(=O)NCC(C)Oc2cccnc2)c1C. The van der Waals surface area contributed by atoms with Gasteiger partial charge in [-0.25, -0.2) is 0 Å². The van der Waals surface area contributed by atoms with Crippen LogP contribution in [0.2, 0.25) is 0 Å². The number of nitrogens with zero attached hydrogens (tertiary/aromatic N) is 1. The Morgan fingerprint density at radius 2 is 1.87 bits per heavy atom. The molecule has 1 atom stereocenters. The van der Waals surface area contributed by atoms with Crippen molar-refractivity contribution in [1.82, 2.24) is 10.3 Å². The summed E-state index contributed by atoms with van der Waals surface area (Å²) in [5, 5.41) is 2.97. The lowest BCUT2D eigenvalue weighted by atomic mass is 9.94. The third-order valence-electron chi connectivity index (χ3n) is 4.11. The van der Waals surface area contributed by atoms with Crippen LogP contribution in [0.1, 0.15) is 39.5 Å². The number of nitrogens with one attached hydrogen (secondary N) is 1. The van der Waals surface area contributed by atoms with Crippen LogP contribution in [0.3, 0.4) is 0 Å². The number of carbonyl (C=O) groups is 1. The zero-order valence-electron chi connectivity index (χ0n) is 14.4. The van der Waals surface area contributed by atoms with Gasteiger partial charge in [0.2, 0.25) is 0 Å². The molecule has 1 amide bonds. The van der Waals surface area contributed by atoms with Crippen molar-refractivity contribution < 1.29 is 9.53 Å². The third kappa shape index (κ3) is 4.09. The van der Waals surface area contributed by atoms with Crippen LogP contribution in [0.4, 0.5) is 0 Å². The second kappa shape index (κ2) is 7.27. The fourth-order valence-corrected chi connectivity index (χ4v) is 2.57. The summed E-state index contributed by atoms with van der Waals surface area (Å²) in [7, 11) is 0. The number of amides is 1. The molecule has 1 N–H and O–H groups in total. The molecule has 23 heavy (non-hydrogen) atoms. The molecule has 2 aromatic rings. The molecule has 1 unspecified atom stereocenters. The van der Waals surface area contributed by atoms with Crippen molar-refractivity contribution in [2.45, 2.75) is 40.7 Å². The summed E-state index contributed by atoms with van der Waals surface area (Å²) in [6, 6.07) is 5.79. The largest absolute Gasteiger partial charge is 0.487 e. The lowest BCUT2D eigenvalue weighted by Gasteiger charge is -2.18. The van der Waals surface area contributed by atoms with Crippen molar-refractivity contribution in [2.75, 3.05) is 6.54 Å². The van der Waals surface area contributed by atoms with E-state index in [1.54, 1.807) is 12.4 Å². The van der Waals surface area contributed by atoms with Crippen LogP contribution in [0.25, 0.3) is 0 Å². The molecule has 1 heterocycles. The van der Waals surface area contributed by atoms with Gasteiger partial charge in [0.15, 0.2) is 0 Å². The molecule has 122 valence electrons. The minimum absolute atomic E-state index is 0.0477. The summed E-state index contributed by atoms with van der Waals surface area (Å²) >= 11 is 0. The molecule has 0 spiro atoms. The maximum atomic E-state index is 12.6. The van der Waals surface area contributed by atoms with E-state index in [-0.39, 0.29) is 12.0 Å². The van der Waals surface area contributed by atoms with Crippen LogP contribution >= 0.6 is 0 Å². The normalized spacial score (nSPS) is 11.9. The van der Waals surface area contributed by atoms with Gasteiger partial charge < -0.3 is 10.1 Å². The van der Waals surface area contributed by atoms with Gasteiger partial charge in [-0.05, 0) is 69.0 Å². The van der Waals surface area contributed by atoms with Gasteiger partial charge >= 0.3 is 0 Å². The average Bonchev–Trinajstić information content (AvgIpc) is 2.52. The molecule has 2 rings (SSSR count). The minimum atomic E-state index is -0.130. The van der Waals surface area contributed by atoms with Crippen molar-refractivity contribution >= 4 is 5.91 Å². The molecule has 0 radical (unpaired) electrons. The maximum Gasteiger partial charge on any atom is 0.251 e. The molecule has 0 aliphatic heterocycles. The van der Waals surface area contributed by atoms with E-state index < -0.39 is 0 Å². The predicted octanol–water partition coefficient (Wildman–Crippen LogP) is 3.51. The van der Waals surface area contributed by atoms with E-state index in [0.29, 0.717) is 12.3 Å². The Kier molecular flexibility index (Phi) is 5.37. The highest BCUT2D eigenvalue weighted by Gasteiger charge is 2.16. The van der Waals surface area contributed by atoms with Crippen LogP contribution in [-0.4, -0.2) is 23.5 Å².